The highest BCUT2D eigenvalue weighted by Crippen LogP contribution is 2.19. The van der Waals surface area contributed by atoms with Crippen LogP contribution in [0.25, 0.3) is 0 Å². The van der Waals surface area contributed by atoms with Crippen LogP contribution in [-0.2, 0) is 0 Å². The van der Waals surface area contributed by atoms with Gasteiger partial charge in [-0.2, -0.15) is 0 Å². The quantitative estimate of drug-likeness (QED) is 0.820. The van der Waals surface area contributed by atoms with Crippen molar-refractivity contribution in [1.82, 2.24) is 0 Å². The van der Waals surface area contributed by atoms with Crippen LogP contribution in [0.2, 0.25) is 0 Å². The van der Waals surface area contributed by atoms with Crippen molar-refractivity contribution in [3.8, 4) is 0 Å². The Labute approximate surface area is 93.1 Å². The first kappa shape index (κ1) is 12.1. The van der Waals surface area contributed by atoms with Crippen molar-refractivity contribution in [2.24, 2.45) is 5.73 Å². The number of nitrogens with two attached hydrogens (primary N) is 1. The van der Waals surface area contributed by atoms with Crippen LogP contribution in [0.1, 0.15) is 39.3 Å². The SMILES string of the molecule is CCN(c1ccc([C@@H](C)N)cc1)C(C)C. The highest BCUT2D eigenvalue weighted by atomic mass is 15.1. The number of hydrogen-bond donors (Lipinski definition) is 1. The van der Waals surface area contributed by atoms with Crippen LogP contribution < -0.4 is 10.6 Å². The summed E-state index contributed by atoms with van der Waals surface area (Å²) in [6, 6.07) is 9.20. The Balaban J connectivity index is 2.87. The molecule has 0 aliphatic carbocycles. The second kappa shape index (κ2) is 5.17. The van der Waals surface area contributed by atoms with Crippen molar-refractivity contribution < 1.29 is 0 Å². The monoisotopic (exact) mass is 206 g/mol. The molecule has 0 spiro atoms. The van der Waals surface area contributed by atoms with Crippen LogP contribution in [-0.4, -0.2) is 12.6 Å². The molecule has 2 heteroatoms. The molecular formula is C13H22N2. The van der Waals surface area contributed by atoms with E-state index in [1.54, 1.807) is 0 Å². The standard InChI is InChI=1S/C13H22N2/c1-5-15(10(2)3)13-8-6-12(7-9-13)11(4)14/h6-11H,5,14H2,1-4H3/t11-/m1/s1. The van der Waals surface area contributed by atoms with E-state index in [2.05, 4.69) is 49.9 Å². The van der Waals surface area contributed by atoms with E-state index in [-0.39, 0.29) is 6.04 Å². The normalized spacial score (nSPS) is 12.9. The van der Waals surface area contributed by atoms with Gasteiger partial charge in [0, 0.05) is 24.3 Å². The maximum Gasteiger partial charge on any atom is 0.0368 e. The minimum Gasteiger partial charge on any atom is -0.369 e. The van der Waals surface area contributed by atoms with Crippen LogP contribution in [0, 0.1) is 0 Å². The minimum absolute atomic E-state index is 0.119. The molecule has 0 unspecified atom stereocenters. The van der Waals surface area contributed by atoms with Crippen LogP contribution in [0.4, 0.5) is 5.69 Å². The molecule has 1 aromatic carbocycles. The molecular weight excluding hydrogens is 184 g/mol. The summed E-state index contributed by atoms with van der Waals surface area (Å²) in [6.07, 6.45) is 0. The molecule has 2 nitrogen and oxygen atoms in total. The Hall–Kier alpha value is -1.02. The van der Waals surface area contributed by atoms with Gasteiger partial charge in [0.1, 0.15) is 0 Å². The average Bonchev–Trinajstić information content (AvgIpc) is 2.19. The summed E-state index contributed by atoms with van der Waals surface area (Å²) in [5.41, 5.74) is 8.29. The lowest BCUT2D eigenvalue weighted by Crippen LogP contribution is -2.30. The first-order valence-corrected chi connectivity index (χ1v) is 5.68. The van der Waals surface area contributed by atoms with Gasteiger partial charge in [-0.3, -0.25) is 0 Å². The predicted octanol–water partition coefficient (Wildman–Crippen LogP) is 2.94. The topological polar surface area (TPSA) is 29.3 Å². The molecule has 1 aromatic rings. The number of benzene rings is 1. The highest BCUT2D eigenvalue weighted by molar-refractivity contribution is 5.48. The molecule has 0 saturated carbocycles. The van der Waals surface area contributed by atoms with E-state index in [1.807, 2.05) is 6.92 Å². The molecule has 0 saturated heterocycles. The second-order valence-electron chi connectivity index (χ2n) is 4.26. The van der Waals surface area contributed by atoms with E-state index in [0.717, 1.165) is 6.54 Å². The zero-order chi connectivity index (χ0) is 11.4. The molecule has 0 heterocycles. The lowest BCUT2D eigenvalue weighted by molar-refractivity contribution is 0.703. The maximum atomic E-state index is 5.82. The fourth-order valence-corrected chi connectivity index (χ4v) is 1.82. The lowest BCUT2D eigenvalue weighted by Gasteiger charge is -2.27. The van der Waals surface area contributed by atoms with E-state index in [9.17, 15) is 0 Å². The summed E-state index contributed by atoms with van der Waals surface area (Å²) in [5, 5.41) is 0. The van der Waals surface area contributed by atoms with Gasteiger partial charge >= 0.3 is 0 Å². The zero-order valence-electron chi connectivity index (χ0n) is 10.2. The maximum absolute atomic E-state index is 5.82. The van der Waals surface area contributed by atoms with Crippen molar-refractivity contribution in [3.05, 3.63) is 29.8 Å². The zero-order valence-corrected chi connectivity index (χ0v) is 10.2. The fourth-order valence-electron chi connectivity index (χ4n) is 1.82. The van der Waals surface area contributed by atoms with Crippen molar-refractivity contribution in [1.29, 1.82) is 0 Å². The molecule has 84 valence electrons. The van der Waals surface area contributed by atoms with Gasteiger partial charge in [-0.1, -0.05) is 12.1 Å². The van der Waals surface area contributed by atoms with Crippen molar-refractivity contribution in [3.63, 3.8) is 0 Å². The molecule has 0 radical (unpaired) electrons. The number of nitrogens with zero attached hydrogens (tertiary/aromatic N) is 1. The third kappa shape index (κ3) is 2.96. The Bertz CT molecular complexity index is 288. The largest absolute Gasteiger partial charge is 0.369 e. The van der Waals surface area contributed by atoms with Crippen LogP contribution in [0.5, 0.6) is 0 Å². The molecule has 2 N–H and O–H groups in total. The summed E-state index contributed by atoms with van der Waals surface area (Å²) in [5.74, 6) is 0. The third-order valence-corrected chi connectivity index (χ3v) is 2.71. The molecule has 0 fully saturated rings. The van der Waals surface area contributed by atoms with Gasteiger partial charge in [-0.15, -0.1) is 0 Å². The minimum atomic E-state index is 0.119. The second-order valence-corrected chi connectivity index (χ2v) is 4.26. The molecule has 0 aromatic heterocycles. The number of anilines is 1. The van der Waals surface area contributed by atoms with E-state index in [4.69, 9.17) is 5.73 Å². The Morgan fingerprint density at radius 1 is 1.13 bits per heavy atom. The predicted molar refractivity (Wildman–Crippen MR) is 67.2 cm³/mol. The fraction of sp³-hybridized carbons (Fsp3) is 0.538. The Morgan fingerprint density at radius 3 is 2.00 bits per heavy atom. The number of hydrogen-bond acceptors (Lipinski definition) is 2. The van der Waals surface area contributed by atoms with Gasteiger partial charge < -0.3 is 10.6 Å². The lowest BCUT2D eigenvalue weighted by atomic mass is 10.1. The van der Waals surface area contributed by atoms with E-state index in [0.29, 0.717) is 6.04 Å². The van der Waals surface area contributed by atoms with Gasteiger partial charge in [0.25, 0.3) is 0 Å². The van der Waals surface area contributed by atoms with E-state index < -0.39 is 0 Å². The number of rotatable bonds is 4. The van der Waals surface area contributed by atoms with Crippen molar-refractivity contribution >= 4 is 5.69 Å². The summed E-state index contributed by atoms with van der Waals surface area (Å²) in [4.78, 5) is 2.37. The molecule has 1 rings (SSSR count). The first-order valence-electron chi connectivity index (χ1n) is 5.68. The third-order valence-electron chi connectivity index (χ3n) is 2.71. The molecule has 0 aliphatic heterocycles. The van der Waals surface area contributed by atoms with Gasteiger partial charge in [0.05, 0.1) is 0 Å². The van der Waals surface area contributed by atoms with E-state index in [1.165, 1.54) is 11.3 Å². The Kier molecular flexibility index (Phi) is 4.15. The van der Waals surface area contributed by atoms with Gasteiger partial charge in [-0.25, -0.2) is 0 Å². The average molecular weight is 206 g/mol. The van der Waals surface area contributed by atoms with Crippen LogP contribution in [0.3, 0.4) is 0 Å². The van der Waals surface area contributed by atoms with Gasteiger partial charge in [-0.05, 0) is 45.4 Å². The summed E-state index contributed by atoms with van der Waals surface area (Å²) in [7, 11) is 0. The molecule has 15 heavy (non-hydrogen) atoms. The van der Waals surface area contributed by atoms with Gasteiger partial charge in [0.15, 0.2) is 0 Å². The van der Waals surface area contributed by atoms with E-state index >= 15 is 0 Å². The first-order chi connectivity index (χ1) is 7.06. The van der Waals surface area contributed by atoms with Crippen molar-refractivity contribution in [2.75, 3.05) is 11.4 Å². The smallest absolute Gasteiger partial charge is 0.0368 e. The Morgan fingerprint density at radius 2 is 1.67 bits per heavy atom. The summed E-state index contributed by atoms with van der Waals surface area (Å²) < 4.78 is 0. The summed E-state index contributed by atoms with van der Waals surface area (Å²) in [6.45, 7) is 9.65. The molecule has 1 atom stereocenters. The highest BCUT2D eigenvalue weighted by Gasteiger charge is 2.08. The molecule has 0 aliphatic rings. The van der Waals surface area contributed by atoms with Crippen LogP contribution >= 0.6 is 0 Å². The molecule has 0 amide bonds. The van der Waals surface area contributed by atoms with Gasteiger partial charge in [0.2, 0.25) is 0 Å². The van der Waals surface area contributed by atoms with Crippen LogP contribution in [0.15, 0.2) is 24.3 Å². The molecule has 0 bridgehead atoms. The van der Waals surface area contributed by atoms with Crippen molar-refractivity contribution in [2.45, 2.75) is 39.8 Å². The summed E-state index contributed by atoms with van der Waals surface area (Å²) >= 11 is 0.